The summed E-state index contributed by atoms with van der Waals surface area (Å²) in [6.45, 7) is 5.05. The summed E-state index contributed by atoms with van der Waals surface area (Å²) < 4.78 is 14.0. The molecular weight excluding hydrogens is 269 g/mol. The molecule has 0 radical (unpaired) electrons. The van der Waals surface area contributed by atoms with E-state index >= 15 is 0 Å². The molecule has 1 fully saturated rings. The summed E-state index contributed by atoms with van der Waals surface area (Å²) in [4.78, 5) is 0. The van der Waals surface area contributed by atoms with Crippen LogP contribution in [0.5, 0.6) is 0 Å². The van der Waals surface area contributed by atoms with Crippen molar-refractivity contribution < 1.29 is 9.60 Å². The third kappa shape index (κ3) is 3.73. The van der Waals surface area contributed by atoms with Gasteiger partial charge in [0.15, 0.2) is 5.84 Å². The zero-order valence-electron chi connectivity index (χ0n) is 12.6. The Hall–Kier alpha value is -1.62. The van der Waals surface area contributed by atoms with Crippen LogP contribution in [-0.2, 0) is 6.54 Å². The Bertz CT molecular complexity index is 518. The molecule has 3 unspecified atom stereocenters. The quantitative estimate of drug-likeness (QED) is 0.346. The van der Waals surface area contributed by atoms with Crippen molar-refractivity contribution in [2.24, 2.45) is 22.7 Å². The number of benzene rings is 1. The number of nitrogens with one attached hydrogen (secondary N) is 1. The van der Waals surface area contributed by atoms with Gasteiger partial charge >= 0.3 is 0 Å². The second-order valence-electron chi connectivity index (χ2n) is 6.05. The molecular formula is C16H24FN3O. The lowest BCUT2D eigenvalue weighted by molar-refractivity contribution is 0.205. The summed E-state index contributed by atoms with van der Waals surface area (Å²) in [5.41, 5.74) is 6.45. The third-order valence-electron chi connectivity index (χ3n) is 4.72. The fourth-order valence-electron chi connectivity index (χ4n) is 3.02. The Balaban J connectivity index is 2.00. The van der Waals surface area contributed by atoms with Crippen molar-refractivity contribution in [2.45, 2.75) is 45.7 Å². The van der Waals surface area contributed by atoms with E-state index in [1.807, 2.05) is 0 Å². The lowest BCUT2D eigenvalue weighted by atomic mass is 9.78. The van der Waals surface area contributed by atoms with Crippen molar-refractivity contribution in [2.75, 3.05) is 0 Å². The van der Waals surface area contributed by atoms with Gasteiger partial charge in [0.1, 0.15) is 5.82 Å². The minimum absolute atomic E-state index is 0.0804. The number of nitrogens with zero attached hydrogens (tertiary/aromatic N) is 1. The van der Waals surface area contributed by atoms with Crippen LogP contribution in [0.25, 0.3) is 0 Å². The van der Waals surface area contributed by atoms with Crippen LogP contribution in [0, 0.1) is 17.7 Å². The molecule has 1 aliphatic rings. The van der Waals surface area contributed by atoms with Gasteiger partial charge in [-0.25, -0.2) is 4.39 Å². The van der Waals surface area contributed by atoms with E-state index in [1.54, 1.807) is 12.1 Å². The Kier molecular flexibility index (Phi) is 5.17. The molecule has 4 nitrogen and oxygen atoms in total. The highest BCUT2D eigenvalue weighted by atomic mass is 19.1. The van der Waals surface area contributed by atoms with Gasteiger partial charge in [0.25, 0.3) is 0 Å². The average Bonchev–Trinajstić information content (AvgIpc) is 2.49. The highest BCUT2D eigenvalue weighted by Crippen LogP contribution is 2.29. The molecule has 0 saturated heterocycles. The van der Waals surface area contributed by atoms with E-state index in [-0.39, 0.29) is 11.7 Å². The zero-order valence-corrected chi connectivity index (χ0v) is 12.6. The van der Waals surface area contributed by atoms with Crippen molar-refractivity contribution in [1.29, 1.82) is 0 Å². The minimum Gasteiger partial charge on any atom is -0.409 e. The summed E-state index contributed by atoms with van der Waals surface area (Å²) in [6, 6.07) is 5.10. The second kappa shape index (κ2) is 6.89. The van der Waals surface area contributed by atoms with Gasteiger partial charge in [0.05, 0.1) is 0 Å². The molecule has 2 rings (SSSR count). The van der Waals surface area contributed by atoms with Crippen LogP contribution < -0.4 is 11.1 Å². The Labute approximate surface area is 125 Å². The number of hydrogen-bond acceptors (Lipinski definition) is 3. The standard InChI is InChI=1S/C16H24FN3O/c1-10-4-3-5-15(11(10)2)19-9-13-7-6-12(8-14(13)17)16(18)20-21/h6-8,10-11,15,19,21H,3-5,9H2,1-2H3,(H2,18,20). The molecule has 0 aliphatic heterocycles. The first-order valence-corrected chi connectivity index (χ1v) is 7.52. The van der Waals surface area contributed by atoms with Gasteiger partial charge < -0.3 is 16.3 Å². The molecule has 4 N–H and O–H groups in total. The van der Waals surface area contributed by atoms with Crippen LogP contribution in [0.3, 0.4) is 0 Å². The van der Waals surface area contributed by atoms with Crippen LogP contribution in [-0.4, -0.2) is 17.1 Å². The highest BCUT2D eigenvalue weighted by molar-refractivity contribution is 5.97. The molecule has 3 atom stereocenters. The summed E-state index contributed by atoms with van der Waals surface area (Å²) in [6.07, 6.45) is 3.66. The minimum atomic E-state index is -0.330. The van der Waals surface area contributed by atoms with Crippen molar-refractivity contribution in [3.8, 4) is 0 Å². The smallest absolute Gasteiger partial charge is 0.170 e. The van der Waals surface area contributed by atoms with E-state index < -0.39 is 0 Å². The van der Waals surface area contributed by atoms with Gasteiger partial charge in [0, 0.05) is 23.7 Å². The zero-order chi connectivity index (χ0) is 15.4. The average molecular weight is 293 g/mol. The molecule has 0 spiro atoms. The molecule has 5 heteroatoms. The number of rotatable bonds is 4. The lowest BCUT2D eigenvalue weighted by Crippen LogP contribution is -2.40. The second-order valence-corrected chi connectivity index (χ2v) is 6.05. The molecule has 21 heavy (non-hydrogen) atoms. The van der Waals surface area contributed by atoms with Crippen molar-refractivity contribution in [1.82, 2.24) is 5.32 Å². The van der Waals surface area contributed by atoms with Crippen LogP contribution in [0.15, 0.2) is 23.4 Å². The predicted octanol–water partition coefficient (Wildman–Crippen LogP) is 2.83. The molecule has 1 saturated carbocycles. The first-order chi connectivity index (χ1) is 10.0. The van der Waals surface area contributed by atoms with Gasteiger partial charge in [-0.1, -0.05) is 44.0 Å². The Morgan fingerprint density at radius 2 is 2.19 bits per heavy atom. The molecule has 116 valence electrons. The topological polar surface area (TPSA) is 70.6 Å². The van der Waals surface area contributed by atoms with E-state index in [1.165, 1.54) is 18.9 Å². The number of oxime groups is 1. The van der Waals surface area contributed by atoms with E-state index in [0.29, 0.717) is 35.5 Å². The van der Waals surface area contributed by atoms with Crippen molar-refractivity contribution >= 4 is 5.84 Å². The van der Waals surface area contributed by atoms with Crippen molar-refractivity contribution in [3.05, 3.63) is 35.1 Å². The molecule has 0 bridgehead atoms. The van der Waals surface area contributed by atoms with Gasteiger partial charge in [-0.15, -0.1) is 0 Å². The number of amidine groups is 1. The molecule has 1 aromatic rings. The van der Waals surface area contributed by atoms with Crippen molar-refractivity contribution in [3.63, 3.8) is 0 Å². The monoisotopic (exact) mass is 293 g/mol. The first kappa shape index (κ1) is 15.8. The van der Waals surface area contributed by atoms with Gasteiger partial charge in [-0.05, 0) is 24.3 Å². The molecule has 0 amide bonds. The normalized spacial score (nSPS) is 26.8. The maximum atomic E-state index is 14.0. The summed E-state index contributed by atoms with van der Waals surface area (Å²) in [7, 11) is 0. The molecule has 1 aliphatic carbocycles. The van der Waals surface area contributed by atoms with Crippen LogP contribution in [0.1, 0.15) is 44.2 Å². The largest absolute Gasteiger partial charge is 0.409 e. The number of nitrogens with two attached hydrogens (primary N) is 1. The van der Waals surface area contributed by atoms with E-state index in [4.69, 9.17) is 10.9 Å². The van der Waals surface area contributed by atoms with E-state index in [9.17, 15) is 4.39 Å². The number of halogens is 1. The summed E-state index contributed by atoms with van der Waals surface area (Å²) in [5, 5.41) is 15.0. The fourth-order valence-corrected chi connectivity index (χ4v) is 3.02. The van der Waals surface area contributed by atoms with Crippen LogP contribution in [0.2, 0.25) is 0 Å². The van der Waals surface area contributed by atoms with Crippen LogP contribution >= 0.6 is 0 Å². The molecule has 0 aromatic heterocycles. The lowest BCUT2D eigenvalue weighted by Gasteiger charge is -2.34. The fraction of sp³-hybridized carbons (Fsp3) is 0.562. The maximum absolute atomic E-state index is 14.0. The summed E-state index contributed by atoms with van der Waals surface area (Å²) in [5.74, 6) is 0.911. The Morgan fingerprint density at radius 1 is 1.43 bits per heavy atom. The van der Waals surface area contributed by atoms with Crippen LogP contribution in [0.4, 0.5) is 4.39 Å². The molecule has 1 aromatic carbocycles. The first-order valence-electron chi connectivity index (χ1n) is 7.52. The van der Waals surface area contributed by atoms with E-state index in [0.717, 1.165) is 6.42 Å². The molecule has 0 heterocycles. The highest BCUT2D eigenvalue weighted by Gasteiger charge is 2.26. The Morgan fingerprint density at radius 3 is 2.86 bits per heavy atom. The summed E-state index contributed by atoms with van der Waals surface area (Å²) >= 11 is 0. The SMILES string of the molecule is CC1CCCC(NCc2ccc(C(N)=NO)cc2F)C1C. The van der Waals surface area contributed by atoms with Gasteiger partial charge in [0.2, 0.25) is 0 Å². The van der Waals surface area contributed by atoms with E-state index in [2.05, 4.69) is 24.3 Å². The van der Waals surface area contributed by atoms with Gasteiger partial charge in [-0.3, -0.25) is 0 Å². The maximum Gasteiger partial charge on any atom is 0.170 e. The third-order valence-corrected chi connectivity index (χ3v) is 4.72. The van der Waals surface area contributed by atoms with Gasteiger partial charge in [-0.2, -0.15) is 0 Å². The predicted molar refractivity (Wildman–Crippen MR) is 81.7 cm³/mol. The number of hydrogen-bond donors (Lipinski definition) is 3.